The van der Waals surface area contributed by atoms with E-state index >= 15 is 0 Å². The summed E-state index contributed by atoms with van der Waals surface area (Å²) in [6.45, 7) is 4.01. The van der Waals surface area contributed by atoms with Gasteiger partial charge in [0.15, 0.2) is 16.6 Å². The molecular weight excluding hydrogens is 450 g/mol. The van der Waals surface area contributed by atoms with Gasteiger partial charge in [0.25, 0.3) is 0 Å². The number of carbonyl (C=O) groups excluding carboxylic acids is 2. The van der Waals surface area contributed by atoms with E-state index in [-0.39, 0.29) is 5.91 Å². The zero-order valence-corrected chi connectivity index (χ0v) is 19.3. The monoisotopic (exact) mass is 471 g/mol. The highest BCUT2D eigenvalue weighted by Gasteiger charge is 2.22. The molecule has 1 amide bonds. The number of amides is 1. The van der Waals surface area contributed by atoms with Gasteiger partial charge < -0.3 is 19.3 Å². The minimum absolute atomic E-state index is 0.0521. The zero-order valence-electron chi connectivity index (χ0n) is 17.7. The number of rotatable bonds is 5. The molecule has 7 nitrogen and oxygen atoms in total. The van der Waals surface area contributed by atoms with E-state index in [0.29, 0.717) is 29.6 Å². The first-order chi connectivity index (χ1) is 15.4. The van der Waals surface area contributed by atoms with Crippen LogP contribution in [0.4, 0.5) is 5.13 Å². The van der Waals surface area contributed by atoms with Crippen LogP contribution in [0, 0.1) is 0 Å². The van der Waals surface area contributed by atoms with E-state index in [0.717, 1.165) is 34.0 Å². The first-order valence-electron chi connectivity index (χ1n) is 10.1. The van der Waals surface area contributed by atoms with Gasteiger partial charge in [-0.1, -0.05) is 29.0 Å². The van der Waals surface area contributed by atoms with Crippen LogP contribution in [0.2, 0.25) is 5.02 Å². The average molecular weight is 472 g/mol. The zero-order chi connectivity index (χ0) is 22.7. The van der Waals surface area contributed by atoms with Gasteiger partial charge in [-0.2, -0.15) is 0 Å². The molecule has 0 N–H and O–H groups in total. The molecule has 0 spiro atoms. The molecule has 1 aromatic heterocycles. The van der Waals surface area contributed by atoms with Crippen molar-refractivity contribution in [1.82, 2.24) is 9.88 Å². The first kappa shape index (κ1) is 22.1. The van der Waals surface area contributed by atoms with Crippen molar-refractivity contribution < 1.29 is 19.1 Å². The Morgan fingerprint density at radius 2 is 1.88 bits per heavy atom. The average Bonchev–Trinajstić information content (AvgIpc) is 3.21. The second-order valence-electron chi connectivity index (χ2n) is 7.26. The Labute approximate surface area is 194 Å². The van der Waals surface area contributed by atoms with Crippen molar-refractivity contribution in [2.45, 2.75) is 6.92 Å². The van der Waals surface area contributed by atoms with E-state index in [9.17, 15) is 9.59 Å². The number of halogens is 1. The standard InChI is InChI=1S/C23H22ClN3O4S/c1-15(28)31-19-7-3-16(13-20(19)30-2)4-8-22(29)26-9-11-27(12-10-26)23-25-18-6-5-17(24)14-21(18)32-23/h3-8,13-14H,9-12H2,1-2H3/b8-4+. The smallest absolute Gasteiger partial charge is 0.308 e. The van der Waals surface area contributed by atoms with Crippen molar-refractivity contribution in [3.05, 3.63) is 53.1 Å². The summed E-state index contributed by atoms with van der Waals surface area (Å²) < 4.78 is 11.4. The number of hydrogen-bond donors (Lipinski definition) is 0. The third-order valence-corrected chi connectivity index (χ3v) is 6.37. The molecule has 1 aliphatic heterocycles. The van der Waals surface area contributed by atoms with Crippen LogP contribution in [0.5, 0.6) is 11.5 Å². The largest absolute Gasteiger partial charge is 0.493 e. The summed E-state index contributed by atoms with van der Waals surface area (Å²) in [5, 5.41) is 1.65. The molecule has 2 aromatic carbocycles. The number of hydrogen-bond acceptors (Lipinski definition) is 7. The van der Waals surface area contributed by atoms with Crippen molar-refractivity contribution in [1.29, 1.82) is 0 Å². The van der Waals surface area contributed by atoms with E-state index in [1.54, 1.807) is 41.7 Å². The molecule has 0 atom stereocenters. The highest BCUT2D eigenvalue weighted by molar-refractivity contribution is 7.22. The number of ether oxygens (including phenoxy) is 2. The fourth-order valence-corrected chi connectivity index (χ4v) is 4.73. The molecule has 32 heavy (non-hydrogen) atoms. The number of fused-ring (bicyclic) bond motifs is 1. The predicted octanol–water partition coefficient (Wildman–Crippen LogP) is 4.25. The summed E-state index contributed by atoms with van der Waals surface area (Å²) in [5.41, 5.74) is 1.71. The molecule has 1 aliphatic rings. The number of carbonyl (C=O) groups is 2. The Morgan fingerprint density at radius 1 is 1.09 bits per heavy atom. The van der Waals surface area contributed by atoms with Crippen molar-refractivity contribution in [3.8, 4) is 11.5 Å². The van der Waals surface area contributed by atoms with Crippen LogP contribution in [0.25, 0.3) is 16.3 Å². The van der Waals surface area contributed by atoms with Crippen LogP contribution in [0.3, 0.4) is 0 Å². The first-order valence-corrected chi connectivity index (χ1v) is 11.3. The fraction of sp³-hybridized carbons (Fsp3) is 0.261. The lowest BCUT2D eigenvalue weighted by atomic mass is 10.2. The Morgan fingerprint density at radius 3 is 2.59 bits per heavy atom. The summed E-state index contributed by atoms with van der Waals surface area (Å²) in [4.78, 5) is 32.5. The normalized spacial score (nSPS) is 14.2. The van der Waals surface area contributed by atoms with Crippen LogP contribution in [-0.4, -0.2) is 55.0 Å². The van der Waals surface area contributed by atoms with Crippen LogP contribution >= 0.6 is 22.9 Å². The molecule has 0 unspecified atom stereocenters. The van der Waals surface area contributed by atoms with Gasteiger partial charge in [-0.3, -0.25) is 9.59 Å². The maximum atomic E-state index is 12.7. The lowest BCUT2D eigenvalue weighted by Gasteiger charge is -2.34. The molecule has 0 saturated carbocycles. The highest BCUT2D eigenvalue weighted by Crippen LogP contribution is 2.31. The second-order valence-corrected chi connectivity index (χ2v) is 8.70. The highest BCUT2D eigenvalue weighted by atomic mass is 35.5. The lowest BCUT2D eigenvalue weighted by Crippen LogP contribution is -2.48. The maximum Gasteiger partial charge on any atom is 0.308 e. The quantitative estimate of drug-likeness (QED) is 0.315. The number of esters is 1. The number of thiazole rings is 1. The number of nitrogens with zero attached hydrogens (tertiary/aromatic N) is 3. The van der Waals surface area contributed by atoms with Gasteiger partial charge in [-0.25, -0.2) is 4.98 Å². The Kier molecular flexibility index (Phi) is 6.62. The SMILES string of the molecule is COc1cc(/C=C/C(=O)N2CCN(c3nc4ccc(Cl)cc4s3)CC2)ccc1OC(C)=O. The fourth-order valence-electron chi connectivity index (χ4n) is 3.44. The topological polar surface area (TPSA) is 72.0 Å². The molecule has 0 bridgehead atoms. The van der Waals surface area contributed by atoms with E-state index in [1.807, 2.05) is 23.1 Å². The van der Waals surface area contributed by atoms with E-state index < -0.39 is 5.97 Å². The molecule has 0 aliphatic carbocycles. The predicted molar refractivity (Wildman–Crippen MR) is 127 cm³/mol. The van der Waals surface area contributed by atoms with Crippen molar-refractivity contribution in [2.24, 2.45) is 0 Å². The maximum absolute atomic E-state index is 12.7. The number of benzene rings is 2. The summed E-state index contributed by atoms with van der Waals surface area (Å²) in [7, 11) is 1.50. The van der Waals surface area contributed by atoms with Gasteiger partial charge in [0.2, 0.25) is 5.91 Å². The van der Waals surface area contributed by atoms with E-state index in [2.05, 4.69) is 9.88 Å². The molecule has 1 saturated heterocycles. The summed E-state index contributed by atoms with van der Waals surface area (Å²) >= 11 is 7.69. The van der Waals surface area contributed by atoms with Gasteiger partial charge in [0.1, 0.15) is 0 Å². The third-order valence-electron chi connectivity index (χ3n) is 5.06. The Balaban J connectivity index is 1.36. The lowest BCUT2D eigenvalue weighted by molar-refractivity contribution is -0.132. The second kappa shape index (κ2) is 9.58. The van der Waals surface area contributed by atoms with Crippen LogP contribution in [-0.2, 0) is 9.59 Å². The molecule has 2 heterocycles. The van der Waals surface area contributed by atoms with E-state index in [1.165, 1.54) is 14.0 Å². The molecule has 4 rings (SSSR count). The molecule has 9 heteroatoms. The van der Waals surface area contributed by atoms with Gasteiger partial charge in [0, 0.05) is 44.2 Å². The number of methoxy groups -OCH3 is 1. The van der Waals surface area contributed by atoms with Crippen molar-refractivity contribution in [3.63, 3.8) is 0 Å². The van der Waals surface area contributed by atoms with Crippen LogP contribution in [0.1, 0.15) is 12.5 Å². The van der Waals surface area contributed by atoms with Crippen LogP contribution < -0.4 is 14.4 Å². The molecule has 166 valence electrons. The number of aromatic nitrogens is 1. The summed E-state index contributed by atoms with van der Waals surface area (Å²) in [5.74, 6) is 0.302. The minimum atomic E-state index is -0.421. The third kappa shape index (κ3) is 5.03. The number of piperazine rings is 1. The Bertz CT molecular complexity index is 1190. The van der Waals surface area contributed by atoms with Gasteiger partial charge >= 0.3 is 5.97 Å². The molecule has 1 fully saturated rings. The van der Waals surface area contributed by atoms with Gasteiger partial charge in [-0.05, 0) is 42.0 Å². The summed E-state index contributed by atoms with van der Waals surface area (Å²) in [6.07, 6.45) is 3.28. The van der Waals surface area contributed by atoms with Crippen molar-refractivity contribution >= 4 is 56.2 Å². The van der Waals surface area contributed by atoms with Crippen LogP contribution in [0.15, 0.2) is 42.5 Å². The Hall–Kier alpha value is -3.10. The van der Waals surface area contributed by atoms with Crippen molar-refractivity contribution in [2.75, 3.05) is 38.2 Å². The molecule has 0 radical (unpaired) electrons. The minimum Gasteiger partial charge on any atom is -0.493 e. The molecule has 3 aromatic rings. The molecular formula is C23H22ClN3O4S. The number of anilines is 1. The van der Waals surface area contributed by atoms with E-state index in [4.69, 9.17) is 21.1 Å². The van der Waals surface area contributed by atoms with Gasteiger partial charge in [-0.15, -0.1) is 0 Å². The summed E-state index contributed by atoms with van der Waals surface area (Å²) in [6, 6.07) is 10.8. The van der Waals surface area contributed by atoms with Gasteiger partial charge in [0.05, 0.1) is 17.3 Å².